The highest BCUT2D eigenvalue weighted by Crippen LogP contribution is 2.31. The third-order valence-electron chi connectivity index (χ3n) is 3.72. The molecule has 0 amide bonds. The van der Waals surface area contributed by atoms with E-state index in [0.717, 1.165) is 0 Å². The molecule has 2 heterocycles. The Balaban J connectivity index is 2.12. The van der Waals surface area contributed by atoms with Crippen LogP contribution in [0.4, 0.5) is 8.78 Å². The van der Waals surface area contributed by atoms with Crippen LogP contribution in [0.5, 0.6) is 0 Å². The van der Waals surface area contributed by atoms with Gasteiger partial charge in [-0.2, -0.15) is 10.1 Å². The van der Waals surface area contributed by atoms with E-state index >= 15 is 0 Å². The molecule has 1 aromatic carbocycles. The molecule has 3 aromatic rings. The van der Waals surface area contributed by atoms with Crippen molar-refractivity contribution in [1.29, 1.82) is 0 Å². The summed E-state index contributed by atoms with van der Waals surface area (Å²) in [4.78, 5) is 4.22. The van der Waals surface area contributed by atoms with E-state index in [-0.39, 0.29) is 11.3 Å². The zero-order valence-electron chi connectivity index (χ0n) is 13.3. The van der Waals surface area contributed by atoms with Gasteiger partial charge in [-0.05, 0) is 45.4 Å². The summed E-state index contributed by atoms with van der Waals surface area (Å²) in [5, 5.41) is 8.14. The predicted molar refractivity (Wildman–Crippen MR) is 79.8 cm³/mol. The molecule has 0 N–H and O–H groups in total. The van der Waals surface area contributed by atoms with Crippen molar-refractivity contribution in [3.05, 3.63) is 53.3 Å². The number of aromatic nitrogens is 4. The molecule has 0 saturated carbocycles. The largest absolute Gasteiger partial charge is 0.337 e. The van der Waals surface area contributed by atoms with E-state index in [2.05, 4.69) is 15.2 Å². The first-order chi connectivity index (χ1) is 10.8. The maximum atomic E-state index is 14.0. The van der Waals surface area contributed by atoms with Crippen LogP contribution in [-0.4, -0.2) is 19.9 Å². The standard InChI is InChI=1S/C16H16F2N4O/c1-9-8-22(16(3,4)15-19-10(2)21-23-15)20-14(9)13-11(17)6-5-7-12(13)18/h5-8H,1-4H3. The first-order valence-electron chi connectivity index (χ1n) is 7.12. The molecule has 23 heavy (non-hydrogen) atoms. The third kappa shape index (κ3) is 2.52. The minimum Gasteiger partial charge on any atom is -0.337 e. The van der Waals surface area contributed by atoms with Crippen LogP contribution in [-0.2, 0) is 5.54 Å². The molecule has 5 nitrogen and oxygen atoms in total. The number of halogens is 2. The summed E-state index contributed by atoms with van der Waals surface area (Å²) in [6.45, 7) is 7.15. The molecule has 0 aliphatic rings. The fourth-order valence-electron chi connectivity index (χ4n) is 2.36. The Morgan fingerprint density at radius 3 is 2.35 bits per heavy atom. The van der Waals surface area contributed by atoms with Crippen LogP contribution >= 0.6 is 0 Å². The van der Waals surface area contributed by atoms with Gasteiger partial charge in [0, 0.05) is 6.20 Å². The smallest absolute Gasteiger partial charge is 0.254 e. The molecule has 3 rings (SSSR count). The monoisotopic (exact) mass is 318 g/mol. The number of hydrogen-bond donors (Lipinski definition) is 0. The highest BCUT2D eigenvalue weighted by Gasteiger charge is 2.31. The topological polar surface area (TPSA) is 56.7 Å². The van der Waals surface area contributed by atoms with Crippen molar-refractivity contribution >= 4 is 0 Å². The minimum atomic E-state index is -0.744. The molecule has 0 spiro atoms. The maximum Gasteiger partial charge on any atom is 0.254 e. The van der Waals surface area contributed by atoms with Gasteiger partial charge in [-0.15, -0.1) is 0 Å². The Morgan fingerprint density at radius 2 is 1.78 bits per heavy atom. The van der Waals surface area contributed by atoms with E-state index in [1.165, 1.54) is 18.2 Å². The number of rotatable bonds is 3. The summed E-state index contributed by atoms with van der Waals surface area (Å²) in [5.41, 5.74) is 0.0240. The number of hydrogen-bond acceptors (Lipinski definition) is 4. The molecule has 120 valence electrons. The van der Waals surface area contributed by atoms with Crippen molar-refractivity contribution in [2.45, 2.75) is 33.2 Å². The van der Waals surface area contributed by atoms with Crippen molar-refractivity contribution in [2.75, 3.05) is 0 Å². The van der Waals surface area contributed by atoms with Crippen LogP contribution in [0.15, 0.2) is 28.9 Å². The molecule has 0 aliphatic carbocycles. The zero-order chi connectivity index (χ0) is 16.8. The summed E-state index contributed by atoms with van der Waals surface area (Å²) in [6.07, 6.45) is 1.71. The zero-order valence-corrected chi connectivity index (χ0v) is 13.3. The second kappa shape index (κ2) is 5.26. The maximum absolute atomic E-state index is 14.0. The average molecular weight is 318 g/mol. The average Bonchev–Trinajstić information content (AvgIpc) is 3.06. The fraction of sp³-hybridized carbons (Fsp3) is 0.312. The highest BCUT2D eigenvalue weighted by molar-refractivity contribution is 5.63. The van der Waals surface area contributed by atoms with Crippen molar-refractivity contribution in [3.8, 4) is 11.3 Å². The van der Waals surface area contributed by atoms with Gasteiger partial charge in [0.15, 0.2) is 5.82 Å². The molecule has 0 atom stereocenters. The highest BCUT2D eigenvalue weighted by atomic mass is 19.1. The Kier molecular flexibility index (Phi) is 3.50. The van der Waals surface area contributed by atoms with Crippen LogP contribution in [0, 0.1) is 25.5 Å². The van der Waals surface area contributed by atoms with Gasteiger partial charge < -0.3 is 4.52 Å². The van der Waals surface area contributed by atoms with Crippen molar-refractivity contribution < 1.29 is 13.3 Å². The lowest BCUT2D eigenvalue weighted by atomic mass is 10.1. The number of aryl methyl sites for hydroxylation is 2. The van der Waals surface area contributed by atoms with Crippen LogP contribution in [0.3, 0.4) is 0 Å². The quantitative estimate of drug-likeness (QED) is 0.740. The van der Waals surface area contributed by atoms with E-state index in [1.54, 1.807) is 24.7 Å². The van der Waals surface area contributed by atoms with Gasteiger partial charge in [0.1, 0.15) is 22.9 Å². The van der Waals surface area contributed by atoms with Crippen molar-refractivity contribution in [1.82, 2.24) is 19.9 Å². The number of benzene rings is 1. The second-order valence-corrected chi connectivity index (χ2v) is 5.91. The van der Waals surface area contributed by atoms with Crippen LogP contribution in [0.2, 0.25) is 0 Å². The molecule has 2 aromatic heterocycles. The summed E-state index contributed by atoms with van der Waals surface area (Å²) in [7, 11) is 0. The van der Waals surface area contributed by atoms with Gasteiger partial charge in [-0.1, -0.05) is 11.2 Å². The van der Waals surface area contributed by atoms with Crippen LogP contribution in [0.1, 0.15) is 31.1 Å². The molecular formula is C16H16F2N4O. The van der Waals surface area contributed by atoms with Gasteiger partial charge in [0.25, 0.3) is 5.89 Å². The number of nitrogens with zero attached hydrogens (tertiary/aromatic N) is 4. The summed E-state index contributed by atoms with van der Waals surface area (Å²) < 4.78 is 34.8. The normalized spacial score (nSPS) is 11.9. The van der Waals surface area contributed by atoms with E-state index < -0.39 is 17.2 Å². The first kappa shape index (κ1) is 15.3. The summed E-state index contributed by atoms with van der Waals surface area (Å²) >= 11 is 0. The van der Waals surface area contributed by atoms with Gasteiger partial charge in [-0.25, -0.2) is 8.78 Å². The summed E-state index contributed by atoms with van der Waals surface area (Å²) in [6, 6.07) is 3.75. The Hall–Kier alpha value is -2.57. The molecule has 0 fully saturated rings. The molecular weight excluding hydrogens is 302 g/mol. The van der Waals surface area contributed by atoms with Crippen molar-refractivity contribution in [2.24, 2.45) is 0 Å². The lowest BCUT2D eigenvalue weighted by molar-refractivity contribution is 0.261. The second-order valence-electron chi connectivity index (χ2n) is 5.91. The molecule has 0 bridgehead atoms. The van der Waals surface area contributed by atoms with E-state index in [0.29, 0.717) is 17.3 Å². The molecule has 7 heteroatoms. The lowest BCUT2D eigenvalue weighted by Gasteiger charge is -2.20. The third-order valence-corrected chi connectivity index (χ3v) is 3.72. The van der Waals surface area contributed by atoms with E-state index in [1.807, 2.05) is 13.8 Å². The first-order valence-corrected chi connectivity index (χ1v) is 7.12. The van der Waals surface area contributed by atoms with Gasteiger partial charge >= 0.3 is 0 Å². The summed E-state index contributed by atoms with van der Waals surface area (Å²) in [5.74, 6) is -0.412. The van der Waals surface area contributed by atoms with Crippen molar-refractivity contribution in [3.63, 3.8) is 0 Å². The Morgan fingerprint density at radius 1 is 1.13 bits per heavy atom. The van der Waals surface area contributed by atoms with Gasteiger partial charge in [0.2, 0.25) is 0 Å². The molecule has 0 aliphatic heterocycles. The Bertz CT molecular complexity index is 847. The van der Waals surface area contributed by atoms with Crippen LogP contribution in [0.25, 0.3) is 11.3 Å². The molecule has 0 saturated heterocycles. The van der Waals surface area contributed by atoms with E-state index in [9.17, 15) is 8.78 Å². The lowest BCUT2D eigenvalue weighted by Crippen LogP contribution is -2.28. The molecule has 0 radical (unpaired) electrons. The fourth-order valence-corrected chi connectivity index (χ4v) is 2.36. The van der Waals surface area contributed by atoms with E-state index in [4.69, 9.17) is 4.52 Å². The van der Waals surface area contributed by atoms with Crippen LogP contribution < -0.4 is 0 Å². The van der Waals surface area contributed by atoms with Gasteiger partial charge in [-0.3, -0.25) is 4.68 Å². The minimum absolute atomic E-state index is 0.138. The SMILES string of the molecule is Cc1noc(C(C)(C)n2cc(C)c(-c3c(F)cccc3F)n2)n1. The van der Waals surface area contributed by atoms with Gasteiger partial charge in [0.05, 0.1) is 5.56 Å². The molecule has 0 unspecified atom stereocenters. The Labute approximate surface area is 131 Å². The predicted octanol–water partition coefficient (Wildman–Crippen LogP) is 3.61.